The van der Waals surface area contributed by atoms with Gasteiger partial charge in [0, 0.05) is 37.1 Å². The first kappa shape index (κ1) is 24.7. The van der Waals surface area contributed by atoms with Crippen molar-refractivity contribution in [3.63, 3.8) is 0 Å². The van der Waals surface area contributed by atoms with Crippen LogP contribution in [0.15, 0.2) is 71.6 Å². The highest BCUT2D eigenvalue weighted by molar-refractivity contribution is 7.89. The number of anilines is 2. The lowest BCUT2D eigenvalue weighted by atomic mass is 10.1. The van der Waals surface area contributed by atoms with Gasteiger partial charge in [-0.3, -0.25) is 4.79 Å². The molecule has 7 nitrogen and oxygen atoms in total. The third-order valence-electron chi connectivity index (χ3n) is 6.12. The van der Waals surface area contributed by atoms with E-state index in [1.807, 2.05) is 38.1 Å². The Morgan fingerprint density at radius 1 is 1.03 bits per heavy atom. The van der Waals surface area contributed by atoms with Crippen molar-refractivity contribution in [1.82, 2.24) is 4.31 Å². The zero-order chi connectivity index (χ0) is 25.2. The number of piperazine rings is 1. The van der Waals surface area contributed by atoms with Gasteiger partial charge >= 0.3 is 0 Å². The lowest BCUT2D eigenvalue weighted by Gasteiger charge is -2.40. The molecule has 35 heavy (non-hydrogen) atoms. The Labute approximate surface area is 205 Å². The highest BCUT2D eigenvalue weighted by Gasteiger charge is 2.33. The van der Waals surface area contributed by atoms with Gasteiger partial charge < -0.3 is 15.0 Å². The van der Waals surface area contributed by atoms with E-state index in [-0.39, 0.29) is 29.6 Å². The quantitative estimate of drug-likeness (QED) is 0.550. The fraction of sp³-hybridized carbons (Fsp3) is 0.269. The second kappa shape index (κ2) is 10.1. The van der Waals surface area contributed by atoms with Crippen molar-refractivity contribution in [3.8, 4) is 5.75 Å². The number of hydrogen-bond acceptors (Lipinski definition) is 5. The van der Waals surface area contributed by atoms with E-state index in [1.54, 1.807) is 24.3 Å². The lowest BCUT2D eigenvalue weighted by molar-refractivity contribution is 0.102. The van der Waals surface area contributed by atoms with Crippen LogP contribution in [-0.2, 0) is 10.0 Å². The first-order valence-electron chi connectivity index (χ1n) is 11.3. The summed E-state index contributed by atoms with van der Waals surface area (Å²) in [6.45, 7) is 5.08. The van der Waals surface area contributed by atoms with E-state index >= 15 is 0 Å². The van der Waals surface area contributed by atoms with Crippen molar-refractivity contribution in [2.75, 3.05) is 37.0 Å². The summed E-state index contributed by atoms with van der Waals surface area (Å²) in [5, 5.41) is 2.59. The van der Waals surface area contributed by atoms with E-state index in [0.717, 1.165) is 23.4 Å². The van der Waals surface area contributed by atoms with Gasteiger partial charge in [-0.25, -0.2) is 12.8 Å². The van der Waals surface area contributed by atoms with Gasteiger partial charge in [-0.2, -0.15) is 4.31 Å². The van der Waals surface area contributed by atoms with Crippen molar-refractivity contribution < 1.29 is 22.3 Å². The SMILES string of the molecule is COc1ccc(NC(=O)c2cc(S(=O)(=O)N3CCN(c4ccc(C)cc4)C(C)C3)ccc2F)cc1. The number of benzene rings is 3. The maximum absolute atomic E-state index is 14.5. The Balaban J connectivity index is 1.51. The monoisotopic (exact) mass is 497 g/mol. The lowest BCUT2D eigenvalue weighted by Crippen LogP contribution is -2.53. The van der Waals surface area contributed by atoms with E-state index in [2.05, 4.69) is 10.2 Å². The van der Waals surface area contributed by atoms with Crippen molar-refractivity contribution in [2.45, 2.75) is 24.8 Å². The van der Waals surface area contributed by atoms with E-state index in [1.165, 1.54) is 17.5 Å². The van der Waals surface area contributed by atoms with Crippen LogP contribution in [0.25, 0.3) is 0 Å². The molecule has 0 bridgehead atoms. The van der Waals surface area contributed by atoms with Crippen LogP contribution < -0.4 is 15.0 Å². The summed E-state index contributed by atoms with van der Waals surface area (Å²) < 4.78 is 47.7. The van der Waals surface area contributed by atoms with Crippen LogP contribution in [0.2, 0.25) is 0 Å². The molecule has 1 N–H and O–H groups in total. The molecule has 3 aromatic carbocycles. The fourth-order valence-electron chi connectivity index (χ4n) is 4.12. The average Bonchev–Trinajstić information content (AvgIpc) is 2.85. The summed E-state index contributed by atoms with van der Waals surface area (Å²) in [6, 6.07) is 17.9. The molecule has 0 aromatic heterocycles. The molecule has 3 aromatic rings. The van der Waals surface area contributed by atoms with Gasteiger partial charge in [-0.1, -0.05) is 17.7 Å². The number of aryl methyl sites for hydroxylation is 1. The molecule has 4 rings (SSSR count). The molecule has 1 aliphatic heterocycles. The molecule has 9 heteroatoms. The largest absolute Gasteiger partial charge is 0.497 e. The summed E-state index contributed by atoms with van der Waals surface area (Å²) in [7, 11) is -2.39. The van der Waals surface area contributed by atoms with Gasteiger partial charge in [0.15, 0.2) is 0 Å². The number of methoxy groups -OCH3 is 1. The highest BCUT2D eigenvalue weighted by Crippen LogP contribution is 2.26. The predicted octanol–water partition coefficient (Wildman–Crippen LogP) is 4.29. The maximum atomic E-state index is 14.5. The van der Waals surface area contributed by atoms with Crippen LogP contribution >= 0.6 is 0 Å². The van der Waals surface area contributed by atoms with Crippen molar-refractivity contribution in [2.24, 2.45) is 0 Å². The fourth-order valence-corrected chi connectivity index (χ4v) is 5.66. The number of halogens is 1. The Bertz CT molecular complexity index is 1310. The number of ether oxygens (including phenoxy) is 1. The highest BCUT2D eigenvalue weighted by atomic mass is 32.2. The van der Waals surface area contributed by atoms with Crippen molar-refractivity contribution in [1.29, 1.82) is 0 Å². The number of carbonyl (C=O) groups excluding carboxylic acids is 1. The molecule has 0 radical (unpaired) electrons. The molecule has 184 valence electrons. The first-order valence-corrected chi connectivity index (χ1v) is 12.7. The molecular formula is C26H28FN3O4S. The molecule has 1 fully saturated rings. The van der Waals surface area contributed by atoms with Gasteiger partial charge in [0.2, 0.25) is 10.0 Å². The van der Waals surface area contributed by atoms with E-state index < -0.39 is 21.7 Å². The summed E-state index contributed by atoms with van der Waals surface area (Å²) in [5.74, 6) is -0.922. The summed E-state index contributed by atoms with van der Waals surface area (Å²) in [6.07, 6.45) is 0. The van der Waals surface area contributed by atoms with Gasteiger partial charge in [-0.15, -0.1) is 0 Å². The second-order valence-electron chi connectivity index (χ2n) is 8.57. The van der Waals surface area contributed by atoms with Gasteiger partial charge in [0.25, 0.3) is 5.91 Å². The minimum Gasteiger partial charge on any atom is -0.497 e. The van der Waals surface area contributed by atoms with Crippen LogP contribution in [0.3, 0.4) is 0 Å². The number of amides is 1. The first-order chi connectivity index (χ1) is 16.7. The number of rotatable bonds is 6. The third kappa shape index (κ3) is 5.31. The Morgan fingerprint density at radius 2 is 1.71 bits per heavy atom. The average molecular weight is 498 g/mol. The second-order valence-corrected chi connectivity index (χ2v) is 10.5. The standard InChI is InChI=1S/C26H28FN3O4S/c1-18-4-8-21(9-5-18)30-15-14-29(17-19(30)2)35(32,33)23-12-13-25(27)24(16-23)26(31)28-20-6-10-22(34-3)11-7-20/h4-13,16,19H,14-15,17H2,1-3H3,(H,28,31). The van der Waals surface area contributed by atoms with Crippen molar-refractivity contribution in [3.05, 3.63) is 83.7 Å². The number of carbonyl (C=O) groups is 1. The minimum absolute atomic E-state index is 0.0560. The Kier molecular flexibility index (Phi) is 7.09. The minimum atomic E-state index is -3.92. The van der Waals surface area contributed by atoms with Crippen LogP contribution in [0.4, 0.5) is 15.8 Å². The maximum Gasteiger partial charge on any atom is 0.258 e. The third-order valence-corrected chi connectivity index (χ3v) is 7.99. The molecule has 1 atom stereocenters. The Morgan fingerprint density at radius 3 is 2.34 bits per heavy atom. The van der Waals surface area contributed by atoms with E-state index in [4.69, 9.17) is 4.74 Å². The summed E-state index contributed by atoms with van der Waals surface area (Å²) >= 11 is 0. The van der Waals surface area contributed by atoms with Crippen LogP contribution in [0.5, 0.6) is 5.75 Å². The number of nitrogens with one attached hydrogen (secondary N) is 1. The van der Waals surface area contributed by atoms with Crippen LogP contribution in [0, 0.1) is 12.7 Å². The predicted molar refractivity (Wildman–Crippen MR) is 134 cm³/mol. The zero-order valence-corrected chi connectivity index (χ0v) is 20.7. The molecule has 1 amide bonds. The normalized spacial score (nSPS) is 16.7. The zero-order valence-electron chi connectivity index (χ0n) is 19.9. The molecule has 1 unspecified atom stereocenters. The molecular weight excluding hydrogens is 469 g/mol. The van der Waals surface area contributed by atoms with Gasteiger partial charge in [-0.05, 0) is 68.4 Å². The van der Waals surface area contributed by atoms with E-state index in [0.29, 0.717) is 18.0 Å². The van der Waals surface area contributed by atoms with Crippen LogP contribution in [0.1, 0.15) is 22.8 Å². The number of nitrogens with zero attached hydrogens (tertiary/aromatic N) is 2. The van der Waals surface area contributed by atoms with E-state index in [9.17, 15) is 17.6 Å². The molecule has 1 aliphatic rings. The van der Waals surface area contributed by atoms with Gasteiger partial charge in [0.05, 0.1) is 17.6 Å². The summed E-state index contributed by atoms with van der Waals surface area (Å²) in [4.78, 5) is 14.8. The summed E-state index contributed by atoms with van der Waals surface area (Å²) in [5.41, 5.74) is 2.29. The van der Waals surface area contributed by atoms with Crippen molar-refractivity contribution >= 4 is 27.3 Å². The smallest absolute Gasteiger partial charge is 0.258 e. The topological polar surface area (TPSA) is 78.9 Å². The molecule has 0 aliphatic carbocycles. The Hall–Kier alpha value is -3.43. The molecule has 0 saturated carbocycles. The number of hydrogen-bond donors (Lipinski definition) is 1. The molecule has 1 heterocycles. The van der Waals surface area contributed by atoms with Crippen LogP contribution in [-0.4, -0.2) is 51.4 Å². The molecule has 1 saturated heterocycles. The number of sulfonamides is 1. The van der Waals surface area contributed by atoms with Gasteiger partial charge in [0.1, 0.15) is 11.6 Å². The molecule has 0 spiro atoms.